The lowest BCUT2D eigenvalue weighted by molar-refractivity contribution is -0.665. The van der Waals surface area contributed by atoms with Gasteiger partial charge >= 0.3 is 0 Å². The smallest absolute Gasteiger partial charge is 0.257 e. The Morgan fingerprint density at radius 2 is 1.92 bits per heavy atom. The van der Waals surface area contributed by atoms with E-state index in [1.165, 1.54) is 35.8 Å². The number of halogens is 1. The fourth-order valence-electron chi connectivity index (χ4n) is 3.51. The van der Waals surface area contributed by atoms with Gasteiger partial charge in [0, 0.05) is 12.6 Å². The minimum Gasteiger partial charge on any atom is -1.00 e. The predicted octanol–water partition coefficient (Wildman–Crippen LogP) is -0.114. The van der Waals surface area contributed by atoms with E-state index in [-0.39, 0.29) is 18.3 Å². The molecule has 2 aromatic carbocycles. The van der Waals surface area contributed by atoms with Gasteiger partial charge in [0.05, 0.1) is 13.0 Å². The van der Waals surface area contributed by atoms with E-state index < -0.39 is 0 Å². The predicted molar refractivity (Wildman–Crippen MR) is 90.3 cm³/mol. The lowest BCUT2D eigenvalue weighted by Gasteiger charge is -2.05. The van der Waals surface area contributed by atoms with Crippen LogP contribution in [0, 0.1) is 0 Å². The molecule has 0 saturated heterocycles. The molecule has 4 nitrogen and oxygen atoms in total. The molecule has 4 rings (SSSR count). The minimum atomic E-state index is -0.0385. The van der Waals surface area contributed by atoms with Gasteiger partial charge in [-0.25, -0.2) is 9.13 Å². The summed E-state index contributed by atoms with van der Waals surface area (Å²) in [6.45, 7) is 3.51. The van der Waals surface area contributed by atoms with Crippen molar-refractivity contribution in [2.75, 3.05) is 5.32 Å². The molecule has 5 heteroatoms. The topological polar surface area (TPSA) is 37.9 Å². The first kappa shape index (κ1) is 16.5. The third-order valence-electron chi connectivity index (χ3n) is 4.48. The molecule has 0 radical (unpaired) electrons. The molecule has 124 valence electrons. The largest absolute Gasteiger partial charge is 1.00 e. The number of anilines is 1. The van der Waals surface area contributed by atoms with Crippen LogP contribution in [0.15, 0.2) is 48.5 Å². The summed E-state index contributed by atoms with van der Waals surface area (Å²) in [5.41, 5.74) is 4.72. The molecule has 0 unspecified atom stereocenters. The van der Waals surface area contributed by atoms with E-state index in [9.17, 15) is 4.79 Å². The molecule has 0 bridgehead atoms. The molecule has 24 heavy (non-hydrogen) atoms. The number of aromatic nitrogens is 2. The van der Waals surface area contributed by atoms with Crippen molar-refractivity contribution in [1.82, 2.24) is 4.57 Å². The highest BCUT2D eigenvalue weighted by Crippen LogP contribution is 2.21. The van der Waals surface area contributed by atoms with E-state index in [0.29, 0.717) is 0 Å². The number of rotatable bonds is 3. The molecule has 1 amide bonds. The van der Waals surface area contributed by atoms with Crippen LogP contribution in [0.3, 0.4) is 0 Å². The van der Waals surface area contributed by atoms with Gasteiger partial charge in [-0.15, -0.1) is 0 Å². The molecule has 1 aliphatic heterocycles. The van der Waals surface area contributed by atoms with Crippen LogP contribution in [0.5, 0.6) is 0 Å². The summed E-state index contributed by atoms with van der Waals surface area (Å²) in [7, 11) is 0. The molecular formula is C19H20ClN3O. The molecule has 1 N–H and O–H groups in total. The maximum absolute atomic E-state index is 11.1. The van der Waals surface area contributed by atoms with Crippen molar-refractivity contribution in [3.05, 3.63) is 59.9 Å². The van der Waals surface area contributed by atoms with Crippen LogP contribution in [0.1, 0.15) is 24.7 Å². The van der Waals surface area contributed by atoms with Crippen LogP contribution in [-0.2, 0) is 24.3 Å². The Kier molecular flexibility index (Phi) is 4.58. The third-order valence-corrected chi connectivity index (χ3v) is 4.48. The maximum atomic E-state index is 11.1. The number of fused-ring (bicyclic) bond motifs is 3. The maximum Gasteiger partial charge on any atom is 0.257 e. The molecule has 0 saturated carbocycles. The third kappa shape index (κ3) is 2.89. The van der Waals surface area contributed by atoms with Crippen LogP contribution < -0.4 is 22.3 Å². The number of imidazole rings is 1. The van der Waals surface area contributed by atoms with Gasteiger partial charge in [-0.05, 0) is 36.2 Å². The number of carbonyl (C=O) groups excluding carboxylic acids is 1. The Morgan fingerprint density at radius 1 is 1.17 bits per heavy atom. The zero-order valence-electron chi connectivity index (χ0n) is 13.6. The second-order valence-electron chi connectivity index (χ2n) is 6.12. The van der Waals surface area contributed by atoms with E-state index in [1.807, 2.05) is 12.1 Å². The van der Waals surface area contributed by atoms with Gasteiger partial charge in [0.2, 0.25) is 5.91 Å². The molecule has 1 aromatic heterocycles. The van der Waals surface area contributed by atoms with E-state index in [4.69, 9.17) is 0 Å². The summed E-state index contributed by atoms with van der Waals surface area (Å²) < 4.78 is 4.87. The fraction of sp³-hybridized carbons (Fsp3) is 0.263. The summed E-state index contributed by atoms with van der Waals surface area (Å²) in [5.74, 6) is 1.38. The Balaban J connectivity index is 0.00000169. The Bertz CT molecular complexity index is 884. The van der Waals surface area contributed by atoms with E-state index in [2.05, 4.69) is 50.8 Å². The van der Waals surface area contributed by atoms with Crippen molar-refractivity contribution in [3.8, 4) is 0 Å². The van der Waals surface area contributed by atoms with Crippen LogP contribution >= 0.6 is 0 Å². The summed E-state index contributed by atoms with van der Waals surface area (Å²) in [6, 6.07) is 16.7. The zero-order valence-corrected chi connectivity index (χ0v) is 14.4. The molecule has 0 fully saturated rings. The van der Waals surface area contributed by atoms with Crippen molar-refractivity contribution in [2.45, 2.75) is 32.9 Å². The van der Waals surface area contributed by atoms with Crippen molar-refractivity contribution in [3.63, 3.8) is 0 Å². The van der Waals surface area contributed by atoms with Gasteiger partial charge in [-0.1, -0.05) is 24.3 Å². The standard InChI is InChI=1S/C19H19N3O.ClH/c1-14(23)20-16-10-8-15(9-11-16)13-22-18-6-3-2-5-17(18)21-12-4-7-19(21)22;/h2-3,5-6,8-11H,4,7,12-13H2,1H3;1H. The SMILES string of the molecule is CC(=O)Nc1ccc(Cn2c3[n+](c4ccccc42)CCC3)cc1.[Cl-]. The Morgan fingerprint density at radius 3 is 2.67 bits per heavy atom. The molecule has 0 spiro atoms. The summed E-state index contributed by atoms with van der Waals surface area (Å²) in [6.07, 6.45) is 2.36. The number of nitrogens with one attached hydrogen (secondary N) is 1. The first-order valence-corrected chi connectivity index (χ1v) is 8.09. The average Bonchev–Trinajstić information content (AvgIpc) is 3.12. The molecular weight excluding hydrogens is 322 g/mol. The lowest BCUT2D eigenvalue weighted by Crippen LogP contribution is -3.00. The van der Waals surface area contributed by atoms with Gasteiger partial charge in [0.1, 0.15) is 6.54 Å². The lowest BCUT2D eigenvalue weighted by atomic mass is 10.2. The zero-order chi connectivity index (χ0) is 15.8. The molecule has 3 aromatic rings. The number of hydrogen-bond acceptors (Lipinski definition) is 1. The number of aryl methyl sites for hydroxylation is 1. The highest BCUT2D eigenvalue weighted by atomic mass is 35.5. The number of nitrogens with zero attached hydrogens (tertiary/aromatic N) is 2. The molecule has 1 aliphatic rings. The summed E-state index contributed by atoms with van der Waals surface area (Å²) in [4.78, 5) is 11.1. The van der Waals surface area contributed by atoms with Gasteiger partial charge in [0.15, 0.2) is 11.0 Å². The normalized spacial score (nSPS) is 12.7. The Labute approximate surface area is 147 Å². The van der Waals surface area contributed by atoms with Crippen molar-refractivity contribution >= 4 is 22.6 Å². The van der Waals surface area contributed by atoms with Gasteiger partial charge < -0.3 is 17.7 Å². The summed E-state index contributed by atoms with van der Waals surface area (Å²) in [5, 5.41) is 2.81. The quantitative estimate of drug-likeness (QED) is 0.663. The van der Waals surface area contributed by atoms with E-state index >= 15 is 0 Å². The van der Waals surface area contributed by atoms with Gasteiger partial charge in [-0.3, -0.25) is 4.79 Å². The number of carbonyl (C=O) groups is 1. The highest BCUT2D eigenvalue weighted by molar-refractivity contribution is 5.88. The van der Waals surface area contributed by atoms with E-state index in [0.717, 1.165) is 25.2 Å². The summed E-state index contributed by atoms with van der Waals surface area (Å²) >= 11 is 0. The first-order valence-electron chi connectivity index (χ1n) is 8.09. The molecule has 0 atom stereocenters. The second kappa shape index (κ2) is 6.65. The molecule has 2 heterocycles. The van der Waals surface area contributed by atoms with Crippen molar-refractivity contribution < 1.29 is 21.8 Å². The number of hydrogen-bond donors (Lipinski definition) is 1. The Hall–Kier alpha value is -2.33. The van der Waals surface area contributed by atoms with Crippen LogP contribution in [0.2, 0.25) is 0 Å². The van der Waals surface area contributed by atoms with Crippen molar-refractivity contribution in [1.29, 1.82) is 0 Å². The van der Waals surface area contributed by atoms with E-state index in [1.54, 1.807) is 0 Å². The van der Waals surface area contributed by atoms with Gasteiger partial charge in [-0.2, -0.15) is 0 Å². The minimum absolute atomic E-state index is 0. The average molecular weight is 342 g/mol. The fourth-order valence-corrected chi connectivity index (χ4v) is 3.51. The van der Waals surface area contributed by atoms with Crippen LogP contribution in [0.4, 0.5) is 5.69 Å². The second-order valence-corrected chi connectivity index (χ2v) is 6.12. The van der Waals surface area contributed by atoms with Crippen molar-refractivity contribution in [2.24, 2.45) is 0 Å². The highest BCUT2D eigenvalue weighted by Gasteiger charge is 2.28. The van der Waals surface area contributed by atoms with Crippen LogP contribution in [-0.4, -0.2) is 10.5 Å². The van der Waals surface area contributed by atoms with Crippen LogP contribution in [0.25, 0.3) is 11.0 Å². The number of amides is 1. The monoisotopic (exact) mass is 341 g/mol. The molecule has 0 aliphatic carbocycles. The number of para-hydroxylation sites is 2. The first-order chi connectivity index (χ1) is 11.2. The number of benzene rings is 2. The van der Waals surface area contributed by atoms with Gasteiger partial charge in [0.25, 0.3) is 5.82 Å².